The van der Waals surface area contributed by atoms with E-state index in [-0.39, 0.29) is 10.8 Å². The molecule has 6 rings (SSSR count). The lowest BCUT2D eigenvalue weighted by Gasteiger charge is -2.29. The first kappa shape index (κ1) is 28.0. The highest BCUT2D eigenvalue weighted by Gasteiger charge is 2.41. The fourth-order valence-electron chi connectivity index (χ4n) is 7.17. The summed E-state index contributed by atoms with van der Waals surface area (Å²) in [6, 6.07) is 31.4. The average Bonchev–Trinajstić information content (AvgIpc) is 3.33. The Labute approximate surface area is 252 Å². The van der Waals surface area contributed by atoms with Gasteiger partial charge in [0.05, 0.1) is 0 Å². The second-order valence-corrected chi connectivity index (χ2v) is 13.4. The monoisotopic (exact) mass is 549 g/mol. The fraction of sp³-hybridized carbons (Fsp3) is 0.268. The Morgan fingerprint density at radius 3 is 1.88 bits per heavy atom. The molecule has 0 unspecified atom stereocenters. The second kappa shape index (κ2) is 10.3. The van der Waals surface area contributed by atoms with E-state index in [1.54, 1.807) is 0 Å². The maximum Gasteiger partial charge on any atom is 0.0471 e. The molecule has 0 bridgehead atoms. The topological polar surface area (TPSA) is 3.24 Å². The Balaban J connectivity index is 1.70. The zero-order valence-corrected chi connectivity index (χ0v) is 26.4. The lowest BCUT2D eigenvalue weighted by atomic mass is 9.79. The zero-order valence-electron chi connectivity index (χ0n) is 26.4. The minimum atomic E-state index is -0.143. The van der Waals surface area contributed by atoms with E-state index in [1.165, 1.54) is 55.8 Å². The third-order valence-electron chi connectivity index (χ3n) is 9.05. The van der Waals surface area contributed by atoms with Crippen LogP contribution in [0.5, 0.6) is 0 Å². The first-order valence-corrected chi connectivity index (χ1v) is 15.4. The van der Waals surface area contributed by atoms with Gasteiger partial charge in [-0.2, -0.15) is 0 Å². The SMILES string of the molecule is C/C=C\C(=C/C(C)C)c1cc(N(c2ccccc2)c2ccccc2)cc2c1-c1cc3c(cc1C2(C)C)C(C)=CC3(C)C. The molecule has 2 aliphatic carbocycles. The summed E-state index contributed by atoms with van der Waals surface area (Å²) in [5, 5.41) is 0. The second-order valence-electron chi connectivity index (χ2n) is 13.4. The highest BCUT2D eigenvalue weighted by molar-refractivity contribution is 5.97. The van der Waals surface area contributed by atoms with Gasteiger partial charge in [-0.1, -0.05) is 102 Å². The zero-order chi connectivity index (χ0) is 29.8. The standard InChI is InChI=1S/C41H43N/c1-9-16-29(21-27(2)3)34-22-32(42(30-17-12-10-13-18-30)31-19-14-11-15-20-31)23-38-39(34)35-25-36-33(24-37(35)41(38,7)8)28(4)26-40(36,5)6/h9-27H,1-8H3/b16-9-,29-21+. The Morgan fingerprint density at radius 1 is 0.714 bits per heavy atom. The van der Waals surface area contributed by atoms with Gasteiger partial charge in [-0.05, 0) is 118 Å². The van der Waals surface area contributed by atoms with Crippen LogP contribution in [0.2, 0.25) is 0 Å². The Hall–Kier alpha value is -4.10. The molecule has 0 fully saturated rings. The molecule has 0 atom stereocenters. The van der Waals surface area contributed by atoms with E-state index in [4.69, 9.17) is 0 Å². The van der Waals surface area contributed by atoms with Gasteiger partial charge in [-0.25, -0.2) is 0 Å². The summed E-state index contributed by atoms with van der Waals surface area (Å²) in [7, 11) is 0. The first-order valence-electron chi connectivity index (χ1n) is 15.4. The normalized spacial score (nSPS) is 16.4. The highest BCUT2D eigenvalue weighted by Crippen LogP contribution is 2.56. The molecule has 0 aromatic heterocycles. The highest BCUT2D eigenvalue weighted by atomic mass is 15.1. The Bertz CT molecular complexity index is 1700. The number of fused-ring (bicyclic) bond motifs is 4. The van der Waals surface area contributed by atoms with Crippen molar-refractivity contribution in [2.75, 3.05) is 4.90 Å². The number of benzene rings is 4. The summed E-state index contributed by atoms with van der Waals surface area (Å²) in [6.07, 6.45) is 9.33. The molecule has 42 heavy (non-hydrogen) atoms. The van der Waals surface area contributed by atoms with E-state index < -0.39 is 0 Å². The average molecular weight is 550 g/mol. The fourth-order valence-corrected chi connectivity index (χ4v) is 7.17. The number of hydrogen-bond donors (Lipinski definition) is 0. The van der Waals surface area contributed by atoms with Crippen LogP contribution in [0.4, 0.5) is 17.1 Å². The van der Waals surface area contributed by atoms with E-state index in [2.05, 4.69) is 170 Å². The third kappa shape index (κ3) is 4.56. The predicted octanol–water partition coefficient (Wildman–Crippen LogP) is 11.8. The van der Waals surface area contributed by atoms with Crippen LogP contribution in [-0.4, -0.2) is 0 Å². The lowest BCUT2D eigenvalue weighted by molar-refractivity contribution is 0.656. The molecule has 0 saturated carbocycles. The van der Waals surface area contributed by atoms with E-state index in [1.807, 2.05) is 0 Å². The van der Waals surface area contributed by atoms with Crippen LogP contribution < -0.4 is 4.90 Å². The van der Waals surface area contributed by atoms with Crippen LogP contribution in [0, 0.1) is 5.92 Å². The van der Waals surface area contributed by atoms with E-state index in [0.29, 0.717) is 5.92 Å². The van der Waals surface area contributed by atoms with Gasteiger partial charge in [0.1, 0.15) is 0 Å². The first-order chi connectivity index (χ1) is 20.0. The van der Waals surface area contributed by atoms with Crippen LogP contribution in [-0.2, 0) is 10.8 Å². The summed E-state index contributed by atoms with van der Waals surface area (Å²) in [5.41, 5.74) is 15.8. The summed E-state index contributed by atoms with van der Waals surface area (Å²) in [4.78, 5) is 2.40. The molecule has 0 heterocycles. The maximum absolute atomic E-state index is 2.52. The molecule has 4 aromatic rings. The van der Waals surface area contributed by atoms with Gasteiger partial charge in [0.15, 0.2) is 0 Å². The Kier molecular flexibility index (Phi) is 6.89. The van der Waals surface area contributed by atoms with Gasteiger partial charge in [0.2, 0.25) is 0 Å². The van der Waals surface area contributed by atoms with E-state index >= 15 is 0 Å². The molecule has 0 radical (unpaired) electrons. The van der Waals surface area contributed by atoms with Crippen molar-refractivity contribution in [2.45, 2.75) is 66.2 Å². The Morgan fingerprint density at radius 2 is 1.31 bits per heavy atom. The molecule has 1 nitrogen and oxygen atoms in total. The number of allylic oxidation sites excluding steroid dienone is 6. The van der Waals surface area contributed by atoms with Crippen LogP contribution >= 0.6 is 0 Å². The number of anilines is 3. The van der Waals surface area contributed by atoms with Crippen molar-refractivity contribution in [2.24, 2.45) is 5.92 Å². The van der Waals surface area contributed by atoms with Crippen molar-refractivity contribution in [3.8, 4) is 11.1 Å². The third-order valence-corrected chi connectivity index (χ3v) is 9.05. The van der Waals surface area contributed by atoms with Crippen molar-refractivity contribution in [1.29, 1.82) is 0 Å². The number of para-hydroxylation sites is 2. The minimum Gasteiger partial charge on any atom is -0.310 e. The van der Waals surface area contributed by atoms with E-state index in [9.17, 15) is 0 Å². The summed E-state index contributed by atoms with van der Waals surface area (Å²) in [6.45, 7) is 18.5. The maximum atomic E-state index is 2.52. The molecule has 0 spiro atoms. The lowest BCUT2D eigenvalue weighted by Crippen LogP contribution is -2.18. The quantitative estimate of drug-likeness (QED) is 0.216. The van der Waals surface area contributed by atoms with Crippen LogP contribution in [0.25, 0.3) is 22.3 Å². The van der Waals surface area contributed by atoms with Gasteiger partial charge in [0, 0.05) is 27.9 Å². The van der Waals surface area contributed by atoms with Crippen molar-refractivity contribution < 1.29 is 0 Å². The van der Waals surface area contributed by atoms with Crippen LogP contribution in [0.1, 0.15) is 83.2 Å². The predicted molar refractivity (Wildman–Crippen MR) is 183 cm³/mol. The molecule has 1 heteroatoms. The smallest absolute Gasteiger partial charge is 0.0471 e. The molecule has 2 aliphatic rings. The van der Waals surface area contributed by atoms with Gasteiger partial charge in [0.25, 0.3) is 0 Å². The largest absolute Gasteiger partial charge is 0.310 e. The van der Waals surface area contributed by atoms with Gasteiger partial charge in [-0.3, -0.25) is 0 Å². The van der Waals surface area contributed by atoms with Crippen molar-refractivity contribution in [3.63, 3.8) is 0 Å². The van der Waals surface area contributed by atoms with Crippen LogP contribution in [0.15, 0.2) is 109 Å². The summed E-state index contributed by atoms with van der Waals surface area (Å²) >= 11 is 0. The molecule has 0 N–H and O–H groups in total. The van der Waals surface area contributed by atoms with Crippen molar-refractivity contribution in [3.05, 3.63) is 137 Å². The van der Waals surface area contributed by atoms with Crippen molar-refractivity contribution in [1.82, 2.24) is 0 Å². The molecule has 0 aliphatic heterocycles. The molecule has 4 aromatic carbocycles. The van der Waals surface area contributed by atoms with Gasteiger partial charge >= 0.3 is 0 Å². The molecular weight excluding hydrogens is 506 g/mol. The van der Waals surface area contributed by atoms with E-state index in [0.717, 1.165) is 11.4 Å². The summed E-state index contributed by atoms with van der Waals surface area (Å²) < 4.78 is 0. The van der Waals surface area contributed by atoms with Crippen molar-refractivity contribution >= 4 is 28.2 Å². The number of hydrogen-bond acceptors (Lipinski definition) is 1. The van der Waals surface area contributed by atoms with Gasteiger partial charge < -0.3 is 4.90 Å². The van der Waals surface area contributed by atoms with Crippen LogP contribution in [0.3, 0.4) is 0 Å². The minimum absolute atomic E-state index is 0.0266. The molecule has 0 amide bonds. The molecular formula is C41H43N. The number of nitrogens with zero attached hydrogens (tertiary/aromatic N) is 1. The summed E-state index contributed by atoms with van der Waals surface area (Å²) in [5.74, 6) is 0.426. The number of rotatable bonds is 6. The molecule has 212 valence electrons. The molecule has 0 saturated heterocycles. The van der Waals surface area contributed by atoms with Gasteiger partial charge in [-0.15, -0.1) is 0 Å².